The van der Waals surface area contributed by atoms with E-state index in [1.807, 2.05) is 18.2 Å². The SMILES string of the molecule is CC(C)C(C)OCc1ccc(N)cc1Br. The highest BCUT2D eigenvalue weighted by molar-refractivity contribution is 9.10. The number of rotatable bonds is 4. The molecule has 0 heterocycles. The molecule has 0 fully saturated rings. The molecule has 0 aromatic heterocycles. The topological polar surface area (TPSA) is 35.2 Å². The van der Waals surface area contributed by atoms with Crippen molar-refractivity contribution in [2.75, 3.05) is 5.73 Å². The normalized spacial score (nSPS) is 13.1. The summed E-state index contributed by atoms with van der Waals surface area (Å²) in [6.45, 7) is 7.03. The van der Waals surface area contributed by atoms with Crippen molar-refractivity contribution in [1.29, 1.82) is 0 Å². The van der Waals surface area contributed by atoms with Crippen LogP contribution in [0.4, 0.5) is 5.69 Å². The molecule has 1 aromatic rings. The zero-order valence-electron chi connectivity index (χ0n) is 9.46. The molecular weight excluding hydrogens is 254 g/mol. The van der Waals surface area contributed by atoms with Gasteiger partial charge in [-0.05, 0) is 30.5 Å². The Morgan fingerprint density at radius 3 is 2.53 bits per heavy atom. The smallest absolute Gasteiger partial charge is 0.0731 e. The first-order chi connectivity index (χ1) is 7.00. The molecule has 2 N–H and O–H groups in total. The van der Waals surface area contributed by atoms with E-state index in [1.165, 1.54) is 0 Å². The maximum Gasteiger partial charge on any atom is 0.0731 e. The number of hydrogen-bond acceptors (Lipinski definition) is 2. The predicted molar refractivity (Wildman–Crippen MR) is 67.6 cm³/mol. The van der Waals surface area contributed by atoms with E-state index in [2.05, 4.69) is 36.7 Å². The minimum atomic E-state index is 0.273. The number of halogens is 1. The fourth-order valence-corrected chi connectivity index (χ4v) is 1.61. The standard InChI is InChI=1S/C12H18BrNO/c1-8(2)9(3)15-7-10-4-5-11(14)6-12(10)13/h4-6,8-9H,7,14H2,1-3H3. The Labute approximate surface area is 99.9 Å². The van der Waals surface area contributed by atoms with Gasteiger partial charge in [-0.25, -0.2) is 0 Å². The molecule has 0 aliphatic heterocycles. The Morgan fingerprint density at radius 2 is 2.00 bits per heavy atom. The van der Waals surface area contributed by atoms with Gasteiger partial charge in [0.1, 0.15) is 0 Å². The number of nitrogens with two attached hydrogens (primary N) is 1. The number of benzene rings is 1. The maximum absolute atomic E-state index is 5.74. The second-order valence-corrected chi connectivity index (χ2v) is 4.97. The average molecular weight is 272 g/mol. The first-order valence-corrected chi connectivity index (χ1v) is 5.95. The average Bonchev–Trinajstić information content (AvgIpc) is 2.15. The van der Waals surface area contributed by atoms with E-state index in [1.54, 1.807) is 0 Å². The van der Waals surface area contributed by atoms with Gasteiger partial charge >= 0.3 is 0 Å². The van der Waals surface area contributed by atoms with Gasteiger partial charge in [0.25, 0.3) is 0 Å². The lowest BCUT2D eigenvalue weighted by Gasteiger charge is -2.17. The lowest BCUT2D eigenvalue weighted by molar-refractivity contribution is 0.0232. The molecule has 1 unspecified atom stereocenters. The summed E-state index contributed by atoms with van der Waals surface area (Å²) in [5.41, 5.74) is 7.56. The van der Waals surface area contributed by atoms with E-state index in [-0.39, 0.29) is 6.10 Å². The Balaban J connectivity index is 2.58. The van der Waals surface area contributed by atoms with Crippen LogP contribution in [0.5, 0.6) is 0 Å². The minimum absolute atomic E-state index is 0.273. The third kappa shape index (κ3) is 3.84. The van der Waals surface area contributed by atoms with Gasteiger partial charge < -0.3 is 10.5 Å². The van der Waals surface area contributed by atoms with Crippen molar-refractivity contribution in [2.24, 2.45) is 5.92 Å². The molecule has 0 bridgehead atoms. The Kier molecular flexibility index (Phi) is 4.61. The lowest BCUT2D eigenvalue weighted by atomic mass is 10.1. The quantitative estimate of drug-likeness (QED) is 0.850. The molecule has 0 saturated heterocycles. The highest BCUT2D eigenvalue weighted by Crippen LogP contribution is 2.21. The molecule has 0 saturated carbocycles. The summed E-state index contributed by atoms with van der Waals surface area (Å²) in [5.74, 6) is 0.539. The minimum Gasteiger partial charge on any atom is -0.399 e. The zero-order chi connectivity index (χ0) is 11.4. The van der Waals surface area contributed by atoms with Crippen molar-refractivity contribution in [1.82, 2.24) is 0 Å². The fraction of sp³-hybridized carbons (Fsp3) is 0.500. The number of hydrogen-bond donors (Lipinski definition) is 1. The van der Waals surface area contributed by atoms with E-state index in [9.17, 15) is 0 Å². The Morgan fingerprint density at radius 1 is 1.33 bits per heavy atom. The monoisotopic (exact) mass is 271 g/mol. The fourth-order valence-electron chi connectivity index (χ4n) is 1.09. The third-order valence-electron chi connectivity index (χ3n) is 2.52. The summed E-state index contributed by atoms with van der Waals surface area (Å²) in [7, 11) is 0. The molecule has 84 valence electrons. The lowest BCUT2D eigenvalue weighted by Crippen LogP contribution is -2.15. The number of nitrogen functional groups attached to an aromatic ring is 1. The third-order valence-corrected chi connectivity index (χ3v) is 3.26. The van der Waals surface area contributed by atoms with Gasteiger partial charge in [-0.2, -0.15) is 0 Å². The molecule has 15 heavy (non-hydrogen) atoms. The number of anilines is 1. The van der Waals surface area contributed by atoms with E-state index >= 15 is 0 Å². The summed E-state index contributed by atoms with van der Waals surface area (Å²) in [6, 6.07) is 5.79. The molecule has 0 spiro atoms. The van der Waals surface area contributed by atoms with Crippen LogP contribution < -0.4 is 5.73 Å². The van der Waals surface area contributed by atoms with Crippen LogP contribution in [0, 0.1) is 5.92 Å². The van der Waals surface area contributed by atoms with Crippen LogP contribution in [0.3, 0.4) is 0 Å². The second-order valence-electron chi connectivity index (χ2n) is 4.11. The first-order valence-electron chi connectivity index (χ1n) is 5.16. The molecule has 0 radical (unpaired) electrons. The summed E-state index contributed by atoms with van der Waals surface area (Å²) < 4.78 is 6.75. The summed E-state index contributed by atoms with van der Waals surface area (Å²) in [5, 5.41) is 0. The van der Waals surface area contributed by atoms with Gasteiger partial charge in [-0.1, -0.05) is 35.8 Å². The molecule has 2 nitrogen and oxygen atoms in total. The van der Waals surface area contributed by atoms with Crippen molar-refractivity contribution in [3.05, 3.63) is 28.2 Å². The van der Waals surface area contributed by atoms with Crippen LogP contribution in [0.15, 0.2) is 22.7 Å². The van der Waals surface area contributed by atoms with Crippen molar-refractivity contribution < 1.29 is 4.74 Å². The van der Waals surface area contributed by atoms with E-state index in [0.29, 0.717) is 12.5 Å². The van der Waals surface area contributed by atoms with Crippen molar-refractivity contribution in [2.45, 2.75) is 33.5 Å². The van der Waals surface area contributed by atoms with Crippen molar-refractivity contribution in [3.8, 4) is 0 Å². The highest BCUT2D eigenvalue weighted by atomic mass is 79.9. The maximum atomic E-state index is 5.74. The van der Waals surface area contributed by atoms with Crippen molar-refractivity contribution >= 4 is 21.6 Å². The van der Waals surface area contributed by atoms with Gasteiger partial charge in [-0.3, -0.25) is 0 Å². The van der Waals surface area contributed by atoms with Crippen LogP contribution in [0.2, 0.25) is 0 Å². The van der Waals surface area contributed by atoms with Gasteiger partial charge in [0, 0.05) is 10.2 Å². The second kappa shape index (κ2) is 5.52. The van der Waals surface area contributed by atoms with Crippen molar-refractivity contribution in [3.63, 3.8) is 0 Å². The van der Waals surface area contributed by atoms with Crippen LogP contribution in [-0.4, -0.2) is 6.10 Å². The molecule has 0 amide bonds. The summed E-state index contributed by atoms with van der Waals surface area (Å²) in [4.78, 5) is 0. The Bertz CT molecular complexity index is 325. The van der Waals surface area contributed by atoms with Crippen LogP contribution in [0.1, 0.15) is 26.3 Å². The molecule has 1 aromatic carbocycles. The molecule has 3 heteroatoms. The van der Waals surface area contributed by atoms with E-state index in [4.69, 9.17) is 10.5 Å². The van der Waals surface area contributed by atoms with E-state index in [0.717, 1.165) is 15.7 Å². The summed E-state index contributed by atoms with van der Waals surface area (Å²) >= 11 is 3.47. The van der Waals surface area contributed by atoms with E-state index < -0.39 is 0 Å². The van der Waals surface area contributed by atoms with Gasteiger partial charge in [0.15, 0.2) is 0 Å². The Hall–Kier alpha value is -0.540. The highest BCUT2D eigenvalue weighted by Gasteiger charge is 2.08. The molecule has 1 atom stereocenters. The largest absolute Gasteiger partial charge is 0.399 e. The molecule has 0 aliphatic rings. The van der Waals surface area contributed by atoms with Gasteiger partial charge in [-0.15, -0.1) is 0 Å². The van der Waals surface area contributed by atoms with Crippen LogP contribution >= 0.6 is 15.9 Å². The zero-order valence-corrected chi connectivity index (χ0v) is 11.0. The van der Waals surface area contributed by atoms with Crippen LogP contribution in [-0.2, 0) is 11.3 Å². The van der Waals surface area contributed by atoms with Gasteiger partial charge in [0.2, 0.25) is 0 Å². The van der Waals surface area contributed by atoms with Gasteiger partial charge in [0.05, 0.1) is 12.7 Å². The predicted octanol–water partition coefficient (Wildman–Crippen LogP) is 3.59. The molecule has 0 aliphatic carbocycles. The first kappa shape index (κ1) is 12.5. The number of ether oxygens (including phenoxy) is 1. The van der Waals surface area contributed by atoms with Crippen LogP contribution in [0.25, 0.3) is 0 Å². The molecular formula is C12H18BrNO. The summed E-state index contributed by atoms with van der Waals surface area (Å²) in [6.07, 6.45) is 0.273. The molecule has 1 rings (SSSR count).